The second kappa shape index (κ2) is 12.7. The fourth-order valence-electron chi connectivity index (χ4n) is 3.74. The van der Waals surface area contributed by atoms with E-state index in [4.69, 9.17) is 19.2 Å². The number of nitrogens with one attached hydrogen (secondary N) is 1. The van der Waals surface area contributed by atoms with Crippen LogP contribution in [0.2, 0.25) is 0 Å². The number of guanidine groups is 1. The number of halogens is 1. The minimum absolute atomic E-state index is 0. The number of benzene rings is 1. The minimum atomic E-state index is 0. The summed E-state index contributed by atoms with van der Waals surface area (Å²) < 4.78 is 18.3. The molecule has 0 saturated carbocycles. The van der Waals surface area contributed by atoms with Gasteiger partial charge in [0.2, 0.25) is 5.75 Å². The SMILES string of the molecule is CCNC(=NCc1ccnn1C)N1CCN(Cc2cc(OC)c(OC)c(OC)c2)CC1.I. The molecular formula is C22H35IN6O3. The van der Waals surface area contributed by atoms with Gasteiger partial charge in [0.05, 0.1) is 33.6 Å². The van der Waals surface area contributed by atoms with Crippen LogP contribution in [0.1, 0.15) is 18.2 Å². The van der Waals surface area contributed by atoms with Crippen molar-refractivity contribution in [2.45, 2.75) is 20.0 Å². The summed E-state index contributed by atoms with van der Waals surface area (Å²) in [5.74, 6) is 2.95. The van der Waals surface area contributed by atoms with E-state index in [0.29, 0.717) is 23.8 Å². The third-order valence-corrected chi connectivity index (χ3v) is 5.45. The Labute approximate surface area is 207 Å². The van der Waals surface area contributed by atoms with Gasteiger partial charge in [0.25, 0.3) is 0 Å². The van der Waals surface area contributed by atoms with Gasteiger partial charge in [0.1, 0.15) is 0 Å². The maximum absolute atomic E-state index is 5.49. The smallest absolute Gasteiger partial charge is 0.203 e. The number of aryl methyl sites for hydroxylation is 1. The van der Waals surface area contributed by atoms with Gasteiger partial charge in [-0.15, -0.1) is 24.0 Å². The lowest BCUT2D eigenvalue weighted by atomic mass is 10.1. The first-order valence-electron chi connectivity index (χ1n) is 10.6. The maximum atomic E-state index is 5.49. The van der Waals surface area contributed by atoms with E-state index in [1.165, 1.54) is 0 Å². The van der Waals surface area contributed by atoms with Crippen LogP contribution in [-0.4, -0.2) is 79.6 Å². The Hall–Kier alpha value is -2.21. The topological polar surface area (TPSA) is 76.4 Å². The molecule has 1 aliphatic heterocycles. The molecule has 2 aromatic rings. The fourth-order valence-corrected chi connectivity index (χ4v) is 3.74. The third kappa shape index (κ3) is 6.41. The Morgan fingerprint density at radius 2 is 1.72 bits per heavy atom. The van der Waals surface area contributed by atoms with Gasteiger partial charge in [-0.2, -0.15) is 5.10 Å². The summed E-state index contributed by atoms with van der Waals surface area (Å²) in [7, 11) is 6.86. The average Bonchev–Trinajstić information content (AvgIpc) is 3.21. The first kappa shape index (κ1) is 26.0. The lowest BCUT2D eigenvalue weighted by Gasteiger charge is -2.36. The molecule has 178 valence electrons. The van der Waals surface area contributed by atoms with E-state index in [0.717, 1.165) is 56.5 Å². The molecule has 1 saturated heterocycles. The largest absolute Gasteiger partial charge is 0.493 e. The zero-order chi connectivity index (χ0) is 22.2. The number of nitrogens with zero attached hydrogens (tertiary/aromatic N) is 5. The summed E-state index contributed by atoms with van der Waals surface area (Å²) in [6.07, 6.45) is 1.81. The molecule has 1 aromatic carbocycles. The highest BCUT2D eigenvalue weighted by Crippen LogP contribution is 2.38. The molecule has 1 N–H and O–H groups in total. The van der Waals surface area contributed by atoms with Crippen molar-refractivity contribution >= 4 is 29.9 Å². The molecule has 0 amide bonds. The second-order valence-corrected chi connectivity index (χ2v) is 7.41. The third-order valence-electron chi connectivity index (χ3n) is 5.45. The van der Waals surface area contributed by atoms with E-state index < -0.39 is 0 Å². The van der Waals surface area contributed by atoms with E-state index in [2.05, 4.69) is 27.1 Å². The van der Waals surface area contributed by atoms with Crippen LogP contribution in [-0.2, 0) is 20.1 Å². The van der Waals surface area contributed by atoms with Crippen LogP contribution in [0, 0.1) is 0 Å². The van der Waals surface area contributed by atoms with E-state index in [1.54, 1.807) is 27.5 Å². The van der Waals surface area contributed by atoms with Gasteiger partial charge >= 0.3 is 0 Å². The Morgan fingerprint density at radius 3 is 2.22 bits per heavy atom. The van der Waals surface area contributed by atoms with Gasteiger partial charge in [-0.1, -0.05) is 0 Å². The summed E-state index contributed by atoms with van der Waals surface area (Å²) in [5.41, 5.74) is 2.23. The van der Waals surface area contributed by atoms with Crippen molar-refractivity contribution in [2.75, 3.05) is 54.1 Å². The molecule has 0 aliphatic carbocycles. The molecule has 0 unspecified atom stereocenters. The molecule has 1 aliphatic rings. The first-order valence-corrected chi connectivity index (χ1v) is 10.6. The molecule has 1 fully saturated rings. The van der Waals surface area contributed by atoms with Crippen molar-refractivity contribution in [3.05, 3.63) is 35.7 Å². The van der Waals surface area contributed by atoms with Gasteiger partial charge in [0, 0.05) is 52.5 Å². The number of rotatable bonds is 8. The highest BCUT2D eigenvalue weighted by Gasteiger charge is 2.21. The molecule has 0 radical (unpaired) electrons. The zero-order valence-electron chi connectivity index (χ0n) is 19.6. The Kier molecular flexibility index (Phi) is 10.4. The Bertz CT molecular complexity index is 855. The van der Waals surface area contributed by atoms with Crippen molar-refractivity contribution in [1.29, 1.82) is 0 Å². The van der Waals surface area contributed by atoms with Gasteiger partial charge in [-0.25, -0.2) is 4.99 Å². The zero-order valence-corrected chi connectivity index (χ0v) is 22.0. The van der Waals surface area contributed by atoms with Crippen LogP contribution in [0.25, 0.3) is 0 Å². The van der Waals surface area contributed by atoms with Crippen molar-refractivity contribution in [3.63, 3.8) is 0 Å². The highest BCUT2D eigenvalue weighted by molar-refractivity contribution is 14.0. The molecule has 9 nitrogen and oxygen atoms in total. The number of methoxy groups -OCH3 is 3. The van der Waals surface area contributed by atoms with Gasteiger partial charge in [0.15, 0.2) is 17.5 Å². The summed E-state index contributed by atoms with van der Waals surface area (Å²) in [6.45, 7) is 8.12. The standard InChI is InChI=1S/C22H34N6O3.HI/c1-6-23-22(24-15-18-7-8-25-26(18)2)28-11-9-27(10-12-28)16-17-13-19(29-3)21(31-5)20(14-17)30-4;/h7-8,13-14H,6,9-12,15-16H2,1-5H3,(H,23,24);1H. The van der Waals surface area contributed by atoms with Crippen molar-refractivity contribution in [2.24, 2.45) is 12.0 Å². The molecule has 0 bridgehead atoms. The highest BCUT2D eigenvalue weighted by atomic mass is 127. The average molecular weight is 558 g/mol. The van der Waals surface area contributed by atoms with Crippen molar-refractivity contribution in [3.8, 4) is 17.2 Å². The molecule has 3 rings (SSSR count). The van der Waals surface area contributed by atoms with E-state index >= 15 is 0 Å². The summed E-state index contributed by atoms with van der Waals surface area (Å²) in [6, 6.07) is 6.04. The molecule has 0 spiro atoms. The quantitative estimate of drug-likeness (QED) is 0.303. The van der Waals surface area contributed by atoms with Crippen molar-refractivity contribution in [1.82, 2.24) is 24.9 Å². The first-order chi connectivity index (χ1) is 15.1. The Morgan fingerprint density at radius 1 is 1.06 bits per heavy atom. The summed E-state index contributed by atoms with van der Waals surface area (Å²) in [5, 5.41) is 7.64. The van der Waals surface area contributed by atoms with Crippen LogP contribution >= 0.6 is 24.0 Å². The summed E-state index contributed by atoms with van der Waals surface area (Å²) in [4.78, 5) is 9.58. The van der Waals surface area contributed by atoms with Gasteiger partial charge in [-0.05, 0) is 30.7 Å². The lowest BCUT2D eigenvalue weighted by molar-refractivity contribution is 0.172. The molecule has 0 atom stereocenters. The second-order valence-electron chi connectivity index (χ2n) is 7.41. The number of aliphatic imine (C=N–C) groups is 1. The Balaban J connectivity index is 0.00000363. The molecule has 32 heavy (non-hydrogen) atoms. The molecule has 1 aromatic heterocycles. The fraction of sp³-hybridized carbons (Fsp3) is 0.545. The van der Waals surface area contributed by atoms with Crippen LogP contribution in [0.4, 0.5) is 0 Å². The lowest BCUT2D eigenvalue weighted by Crippen LogP contribution is -2.52. The number of hydrogen-bond acceptors (Lipinski definition) is 6. The van der Waals surface area contributed by atoms with Crippen LogP contribution in [0.5, 0.6) is 17.2 Å². The number of aromatic nitrogens is 2. The van der Waals surface area contributed by atoms with E-state index in [9.17, 15) is 0 Å². The van der Waals surface area contributed by atoms with Gasteiger partial charge in [-0.3, -0.25) is 9.58 Å². The maximum Gasteiger partial charge on any atom is 0.203 e. The van der Waals surface area contributed by atoms with Crippen LogP contribution < -0.4 is 19.5 Å². The summed E-state index contributed by atoms with van der Waals surface area (Å²) >= 11 is 0. The number of hydrogen-bond donors (Lipinski definition) is 1. The van der Waals surface area contributed by atoms with Crippen LogP contribution in [0.3, 0.4) is 0 Å². The van der Waals surface area contributed by atoms with Crippen molar-refractivity contribution < 1.29 is 14.2 Å². The predicted octanol–water partition coefficient (Wildman–Crippen LogP) is 2.35. The van der Waals surface area contributed by atoms with E-state index in [1.807, 2.05) is 29.9 Å². The molecule has 10 heteroatoms. The van der Waals surface area contributed by atoms with Crippen LogP contribution in [0.15, 0.2) is 29.4 Å². The minimum Gasteiger partial charge on any atom is -0.493 e. The molecule has 2 heterocycles. The predicted molar refractivity (Wildman–Crippen MR) is 136 cm³/mol. The van der Waals surface area contributed by atoms with Gasteiger partial charge < -0.3 is 24.4 Å². The van der Waals surface area contributed by atoms with E-state index in [-0.39, 0.29) is 24.0 Å². The number of piperazine rings is 1. The normalized spacial score (nSPS) is 14.7. The molecular weight excluding hydrogens is 523 g/mol. The monoisotopic (exact) mass is 558 g/mol. The number of ether oxygens (including phenoxy) is 3.